The normalized spacial score (nSPS) is 12.5. The van der Waals surface area contributed by atoms with Crippen LogP contribution in [0.1, 0.15) is 36.1 Å². The molecule has 0 fully saturated rings. The monoisotopic (exact) mass is 461 g/mol. The zero-order valence-electron chi connectivity index (χ0n) is 21.0. The molecule has 0 amide bonds. The van der Waals surface area contributed by atoms with Gasteiger partial charge in [-0.1, -0.05) is 110 Å². The van der Waals surface area contributed by atoms with Gasteiger partial charge in [-0.15, -0.1) is 0 Å². The van der Waals surface area contributed by atoms with Gasteiger partial charge in [0.15, 0.2) is 5.54 Å². The number of rotatable bonds is 10. The van der Waals surface area contributed by atoms with E-state index in [1.54, 1.807) is 0 Å². The number of likely N-dealkylation sites (N-methyl/N-ethyl adjacent to an activating group) is 1. The molecule has 0 bridgehead atoms. The van der Waals surface area contributed by atoms with Crippen LogP contribution in [0.3, 0.4) is 0 Å². The predicted molar refractivity (Wildman–Crippen MR) is 151 cm³/mol. The Labute approximate surface area is 210 Å². The van der Waals surface area contributed by atoms with Crippen LogP contribution in [0.15, 0.2) is 133 Å². The fourth-order valence-electron chi connectivity index (χ4n) is 4.57. The molecule has 0 heterocycles. The van der Waals surface area contributed by atoms with Crippen LogP contribution in [0.5, 0.6) is 0 Å². The highest BCUT2D eigenvalue weighted by Gasteiger charge is 2.38. The Morgan fingerprint density at radius 1 is 0.971 bits per heavy atom. The van der Waals surface area contributed by atoms with Gasteiger partial charge in [0.2, 0.25) is 0 Å². The van der Waals surface area contributed by atoms with E-state index >= 15 is 0 Å². The van der Waals surface area contributed by atoms with E-state index in [2.05, 4.69) is 93.6 Å². The van der Waals surface area contributed by atoms with Crippen molar-refractivity contribution in [2.45, 2.75) is 25.9 Å². The fourth-order valence-corrected chi connectivity index (χ4v) is 4.57. The number of hydrogen-bond donors (Lipinski definition) is 1. The summed E-state index contributed by atoms with van der Waals surface area (Å²) in [5.74, 6) is 0. The molecule has 0 unspecified atom stereocenters. The summed E-state index contributed by atoms with van der Waals surface area (Å²) in [5.41, 5.74) is 12.7. The predicted octanol–water partition coefficient (Wildman–Crippen LogP) is 7.10. The van der Waals surface area contributed by atoms with E-state index in [9.17, 15) is 0 Å². The van der Waals surface area contributed by atoms with Gasteiger partial charge in [0.05, 0.1) is 6.34 Å². The Morgan fingerprint density at radius 3 is 2.09 bits per heavy atom. The molecule has 35 heavy (non-hydrogen) atoms. The molecule has 0 saturated heterocycles. The number of nitrogens with zero attached hydrogens (tertiary/aromatic N) is 2. The summed E-state index contributed by atoms with van der Waals surface area (Å²) in [6.45, 7) is 13.2. The van der Waals surface area contributed by atoms with E-state index in [1.807, 2.05) is 48.6 Å². The third-order valence-electron chi connectivity index (χ3n) is 6.27. The number of benzene rings is 3. The Kier molecular flexibility index (Phi) is 8.63. The van der Waals surface area contributed by atoms with Crippen molar-refractivity contribution in [3.05, 3.63) is 150 Å². The SMILES string of the molecule is C=C/C=C(C)\C(=C/C)c1cccc(CN(C)C(=C)C(N=CN)(c2ccccc2)c2ccccc2)c1. The zero-order valence-corrected chi connectivity index (χ0v) is 21.0. The van der Waals surface area contributed by atoms with Crippen LogP contribution in [0, 0.1) is 0 Å². The van der Waals surface area contributed by atoms with E-state index in [-0.39, 0.29) is 0 Å². The standard InChI is InChI=1S/C32H35N3/c1-6-15-25(3)31(7-2)28-17-14-16-27(22-28)23-35(5)26(4)32(34-24-33,29-18-10-8-11-19-29)30-20-12-9-13-21-30/h6-22,24H,1,4,23H2,2-3,5H3,(H2,33,34)/b25-15-,31-7+. The van der Waals surface area contributed by atoms with Gasteiger partial charge < -0.3 is 10.6 Å². The summed E-state index contributed by atoms with van der Waals surface area (Å²) in [6, 6.07) is 29.0. The van der Waals surface area contributed by atoms with Gasteiger partial charge in [0.25, 0.3) is 0 Å². The van der Waals surface area contributed by atoms with Gasteiger partial charge in [-0.3, -0.25) is 4.99 Å². The summed E-state index contributed by atoms with van der Waals surface area (Å²) in [5, 5.41) is 0. The molecule has 3 aromatic rings. The lowest BCUT2D eigenvalue weighted by Crippen LogP contribution is -2.36. The molecular weight excluding hydrogens is 426 g/mol. The summed E-state index contributed by atoms with van der Waals surface area (Å²) in [4.78, 5) is 7.01. The van der Waals surface area contributed by atoms with Crippen LogP contribution in [-0.4, -0.2) is 18.3 Å². The van der Waals surface area contributed by atoms with E-state index in [0.29, 0.717) is 6.54 Å². The third-order valence-corrected chi connectivity index (χ3v) is 6.27. The smallest absolute Gasteiger partial charge is 0.151 e. The number of allylic oxidation sites excluding steroid dienone is 5. The molecule has 0 saturated carbocycles. The largest absolute Gasteiger partial charge is 0.390 e. The zero-order chi connectivity index (χ0) is 25.3. The van der Waals surface area contributed by atoms with Gasteiger partial charge in [-0.25, -0.2) is 0 Å². The summed E-state index contributed by atoms with van der Waals surface area (Å²) >= 11 is 0. The number of aliphatic imine (C=N–C) groups is 1. The summed E-state index contributed by atoms with van der Waals surface area (Å²) < 4.78 is 0. The first-order valence-corrected chi connectivity index (χ1v) is 11.8. The van der Waals surface area contributed by atoms with Gasteiger partial charge in [0.1, 0.15) is 0 Å². The fraction of sp³-hybridized carbons (Fsp3) is 0.156. The van der Waals surface area contributed by atoms with Crippen molar-refractivity contribution < 1.29 is 0 Å². The minimum Gasteiger partial charge on any atom is -0.390 e. The second-order valence-electron chi connectivity index (χ2n) is 8.51. The Hall–Kier alpha value is -4.11. The number of nitrogens with two attached hydrogens (primary N) is 1. The van der Waals surface area contributed by atoms with Crippen LogP contribution >= 0.6 is 0 Å². The first kappa shape index (κ1) is 25.5. The van der Waals surface area contributed by atoms with Crippen molar-refractivity contribution >= 4 is 11.9 Å². The number of hydrogen-bond acceptors (Lipinski definition) is 2. The van der Waals surface area contributed by atoms with Crippen LogP contribution in [-0.2, 0) is 12.1 Å². The maximum absolute atomic E-state index is 5.93. The van der Waals surface area contributed by atoms with Crippen LogP contribution in [0.4, 0.5) is 0 Å². The lowest BCUT2D eigenvalue weighted by molar-refractivity contribution is 0.350. The van der Waals surface area contributed by atoms with E-state index in [4.69, 9.17) is 10.7 Å². The third kappa shape index (κ3) is 5.52. The maximum atomic E-state index is 5.93. The molecule has 0 radical (unpaired) electrons. The highest BCUT2D eigenvalue weighted by molar-refractivity contribution is 5.78. The summed E-state index contributed by atoms with van der Waals surface area (Å²) in [6.07, 6.45) is 7.38. The molecule has 0 aliphatic carbocycles. The van der Waals surface area contributed by atoms with Gasteiger partial charge in [-0.05, 0) is 53.3 Å². The molecule has 2 N–H and O–H groups in total. The molecule has 0 atom stereocenters. The summed E-state index contributed by atoms with van der Waals surface area (Å²) in [7, 11) is 2.06. The molecule has 3 nitrogen and oxygen atoms in total. The minimum absolute atomic E-state index is 0.676. The first-order chi connectivity index (χ1) is 17.0. The van der Waals surface area contributed by atoms with Gasteiger partial charge in [0, 0.05) is 19.3 Å². The molecule has 0 aliphatic rings. The van der Waals surface area contributed by atoms with Crippen molar-refractivity contribution in [3.8, 4) is 0 Å². The maximum Gasteiger partial charge on any atom is 0.151 e. The molecule has 3 aromatic carbocycles. The lowest BCUT2D eigenvalue weighted by Gasteiger charge is -2.38. The van der Waals surface area contributed by atoms with Crippen molar-refractivity contribution in [1.29, 1.82) is 0 Å². The second kappa shape index (κ2) is 11.8. The quantitative estimate of drug-likeness (QED) is 0.199. The van der Waals surface area contributed by atoms with E-state index in [0.717, 1.165) is 16.8 Å². The van der Waals surface area contributed by atoms with Crippen LogP contribution < -0.4 is 5.73 Å². The Balaban J connectivity index is 2.02. The molecule has 3 rings (SSSR count). The van der Waals surface area contributed by atoms with Crippen molar-refractivity contribution in [2.75, 3.05) is 7.05 Å². The first-order valence-electron chi connectivity index (χ1n) is 11.8. The molecule has 0 aromatic heterocycles. The minimum atomic E-state index is -0.832. The average Bonchev–Trinajstić information content (AvgIpc) is 2.89. The molecular formula is C32H35N3. The molecule has 178 valence electrons. The van der Waals surface area contributed by atoms with Crippen LogP contribution in [0.25, 0.3) is 5.57 Å². The van der Waals surface area contributed by atoms with Crippen molar-refractivity contribution in [2.24, 2.45) is 10.7 Å². The van der Waals surface area contributed by atoms with Gasteiger partial charge >= 0.3 is 0 Å². The molecule has 0 aliphatic heterocycles. The van der Waals surface area contributed by atoms with E-state index < -0.39 is 5.54 Å². The second-order valence-corrected chi connectivity index (χ2v) is 8.51. The Bertz CT molecular complexity index is 1190. The highest BCUT2D eigenvalue weighted by Crippen LogP contribution is 2.41. The van der Waals surface area contributed by atoms with E-state index in [1.165, 1.54) is 28.6 Å². The molecule has 0 spiro atoms. The Morgan fingerprint density at radius 2 is 1.57 bits per heavy atom. The topological polar surface area (TPSA) is 41.6 Å². The lowest BCUT2D eigenvalue weighted by atomic mass is 9.80. The highest BCUT2D eigenvalue weighted by atomic mass is 15.1. The van der Waals surface area contributed by atoms with Crippen molar-refractivity contribution in [3.63, 3.8) is 0 Å². The van der Waals surface area contributed by atoms with Gasteiger partial charge in [-0.2, -0.15) is 0 Å². The average molecular weight is 462 g/mol. The van der Waals surface area contributed by atoms with Crippen molar-refractivity contribution in [1.82, 2.24) is 4.90 Å². The van der Waals surface area contributed by atoms with Crippen LogP contribution in [0.2, 0.25) is 0 Å². The molecule has 3 heteroatoms.